The summed E-state index contributed by atoms with van der Waals surface area (Å²) in [4.78, 5) is 17.8. The van der Waals surface area contributed by atoms with Crippen LogP contribution in [0.3, 0.4) is 0 Å². The number of aliphatic carboxylic acids is 1. The van der Waals surface area contributed by atoms with Crippen molar-refractivity contribution in [2.75, 3.05) is 0 Å². The second-order valence-corrected chi connectivity index (χ2v) is 4.26. The van der Waals surface area contributed by atoms with Crippen LogP contribution in [0.15, 0.2) is 30.5 Å². The van der Waals surface area contributed by atoms with Gasteiger partial charge < -0.3 is 15.8 Å². The molecule has 0 fully saturated rings. The Morgan fingerprint density at radius 2 is 2.33 bits per heavy atom. The molecule has 5 heteroatoms. The fourth-order valence-corrected chi connectivity index (χ4v) is 1.77. The van der Waals surface area contributed by atoms with Crippen molar-refractivity contribution in [1.82, 2.24) is 9.97 Å². The van der Waals surface area contributed by atoms with E-state index in [-0.39, 0.29) is 6.42 Å². The standard InChI is InChI=1S/C13H15N3O2/c1-8-3-2-4-9(5-8)11-7-15-13(16-11)10(14)6-12(17)18/h2-5,7,10H,6,14H2,1H3,(H,15,16)(H,17,18). The van der Waals surface area contributed by atoms with Crippen LogP contribution in [0.4, 0.5) is 0 Å². The molecule has 2 aromatic rings. The van der Waals surface area contributed by atoms with E-state index in [2.05, 4.69) is 9.97 Å². The van der Waals surface area contributed by atoms with Crippen molar-refractivity contribution in [3.8, 4) is 11.3 Å². The number of nitrogens with zero attached hydrogens (tertiary/aromatic N) is 1. The number of rotatable bonds is 4. The third kappa shape index (κ3) is 2.75. The molecule has 94 valence electrons. The van der Waals surface area contributed by atoms with Gasteiger partial charge in [-0.05, 0) is 18.6 Å². The molecule has 0 radical (unpaired) electrons. The van der Waals surface area contributed by atoms with Crippen LogP contribution in [-0.2, 0) is 4.79 Å². The normalized spacial score (nSPS) is 12.3. The van der Waals surface area contributed by atoms with Gasteiger partial charge in [0.05, 0.1) is 24.4 Å². The van der Waals surface area contributed by atoms with Gasteiger partial charge in [-0.15, -0.1) is 0 Å². The Morgan fingerprint density at radius 3 is 3.00 bits per heavy atom. The van der Waals surface area contributed by atoms with Gasteiger partial charge in [-0.25, -0.2) is 4.98 Å². The average Bonchev–Trinajstić information content (AvgIpc) is 2.77. The topological polar surface area (TPSA) is 92.0 Å². The molecule has 1 aromatic heterocycles. The zero-order valence-corrected chi connectivity index (χ0v) is 10.1. The molecular formula is C13H15N3O2. The van der Waals surface area contributed by atoms with E-state index in [1.54, 1.807) is 6.20 Å². The molecule has 1 heterocycles. The predicted octanol–water partition coefficient (Wildman–Crippen LogP) is 1.86. The zero-order valence-electron chi connectivity index (χ0n) is 10.1. The smallest absolute Gasteiger partial charge is 0.305 e. The lowest BCUT2D eigenvalue weighted by Crippen LogP contribution is -2.16. The number of aromatic nitrogens is 2. The van der Waals surface area contributed by atoms with Crippen molar-refractivity contribution in [2.45, 2.75) is 19.4 Å². The highest BCUT2D eigenvalue weighted by Crippen LogP contribution is 2.20. The van der Waals surface area contributed by atoms with Crippen LogP contribution in [-0.4, -0.2) is 21.0 Å². The number of carboxylic acids is 1. The third-order valence-electron chi connectivity index (χ3n) is 2.67. The number of hydrogen-bond donors (Lipinski definition) is 3. The zero-order chi connectivity index (χ0) is 13.1. The fourth-order valence-electron chi connectivity index (χ4n) is 1.77. The molecule has 2 rings (SSSR count). The van der Waals surface area contributed by atoms with E-state index < -0.39 is 12.0 Å². The van der Waals surface area contributed by atoms with Gasteiger partial charge >= 0.3 is 5.97 Å². The Bertz CT molecular complexity index is 563. The minimum Gasteiger partial charge on any atom is -0.481 e. The van der Waals surface area contributed by atoms with Crippen LogP contribution in [0, 0.1) is 6.92 Å². The van der Waals surface area contributed by atoms with Crippen LogP contribution in [0.25, 0.3) is 11.3 Å². The first-order valence-electron chi connectivity index (χ1n) is 5.65. The van der Waals surface area contributed by atoms with E-state index in [1.165, 1.54) is 0 Å². The van der Waals surface area contributed by atoms with Gasteiger partial charge in [-0.1, -0.05) is 23.8 Å². The molecule has 18 heavy (non-hydrogen) atoms. The van der Waals surface area contributed by atoms with E-state index in [4.69, 9.17) is 10.8 Å². The van der Waals surface area contributed by atoms with Crippen molar-refractivity contribution in [2.24, 2.45) is 5.73 Å². The molecule has 5 nitrogen and oxygen atoms in total. The maximum absolute atomic E-state index is 10.6. The second kappa shape index (κ2) is 5.01. The van der Waals surface area contributed by atoms with E-state index in [9.17, 15) is 4.79 Å². The Morgan fingerprint density at radius 1 is 1.56 bits per heavy atom. The molecule has 1 atom stereocenters. The molecule has 1 unspecified atom stereocenters. The Kier molecular flexibility index (Phi) is 3.43. The number of imidazole rings is 1. The molecule has 1 aromatic carbocycles. The summed E-state index contributed by atoms with van der Waals surface area (Å²) in [6, 6.07) is 7.35. The van der Waals surface area contributed by atoms with Gasteiger partial charge in [0, 0.05) is 0 Å². The van der Waals surface area contributed by atoms with Gasteiger partial charge in [-0.3, -0.25) is 4.79 Å². The number of benzene rings is 1. The van der Waals surface area contributed by atoms with Crippen LogP contribution in [0.5, 0.6) is 0 Å². The first-order chi connectivity index (χ1) is 8.56. The van der Waals surface area contributed by atoms with Gasteiger partial charge in [0.25, 0.3) is 0 Å². The highest BCUT2D eigenvalue weighted by atomic mass is 16.4. The van der Waals surface area contributed by atoms with Crippen LogP contribution in [0.1, 0.15) is 23.9 Å². The largest absolute Gasteiger partial charge is 0.481 e. The van der Waals surface area contributed by atoms with Crippen molar-refractivity contribution in [3.05, 3.63) is 41.9 Å². The van der Waals surface area contributed by atoms with Gasteiger partial charge in [0.2, 0.25) is 0 Å². The number of hydrogen-bond acceptors (Lipinski definition) is 3. The fraction of sp³-hybridized carbons (Fsp3) is 0.231. The Hall–Kier alpha value is -2.14. The van der Waals surface area contributed by atoms with Crippen LogP contribution >= 0.6 is 0 Å². The van der Waals surface area contributed by atoms with Gasteiger partial charge in [-0.2, -0.15) is 0 Å². The quantitative estimate of drug-likeness (QED) is 0.766. The molecule has 0 aliphatic heterocycles. The Balaban J connectivity index is 2.22. The van der Waals surface area contributed by atoms with E-state index in [0.717, 1.165) is 16.8 Å². The molecule has 0 aliphatic rings. The molecule has 0 aliphatic carbocycles. The summed E-state index contributed by atoms with van der Waals surface area (Å²) >= 11 is 0. The second-order valence-electron chi connectivity index (χ2n) is 4.26. The number of carbonyl (C=O) groups is 1. The summed E-state index contributed by atoms with van der Waals surface area (Å²) in [5, 5.41) is 8.68. The summed E-state index contributed by atoms with van der Waals surface area (Å²) in [6.07, 6.45) is 1.53. The first-order valence-corrected chi connectivity index (χ1v) is 5.65. The summed E-state index contributed by atoms with van der Waals surface area (Å²) in [5.41, 5.74) is 8.75. The molecule has 0 amide bonds. The van der Waals surface area contributed by atoms with Crippen LogP contribution in [0.2, 0.25) is 0 Å². The Labute approximate surface area is 105 Å². The number of nitrogens with one attached hydrogen (secondary N) is 1. The highest BCUT2D eigenvalue weighted by molar-refractivity contribution is 5.67. The lowest BCUT2D eigenvalue weighted by molar-refractivity contribution is -0.137. The molecule has 4 N–H and O–H groups in total. The maximum Gasteiger partial charge on any atom is 0.305 e. The van der Waals surface area contributed by atoms with Crippen LogP contribution < -0.4 is 5.73 Å². The lowest BCUT2D eigenvalue weighted by atomic mass is 10.1. The summed E-state index contributed by atoms with van der Waals surface area (Å²) < 4.78 is 0. The summed E-state index contributed by atoms with van der Waals surface area (Å²) in [7, 11) is 0. The van der Waals surface area contributed by atoms with Crippen molar-refractivity contribution < 1.29 is 9.90 Å². The van der Waals surface area contributed by atoms with E-state index >= 15 is 0 Å². The number of aromatic amines is 1. The van der Waals surface area contributed by atoms with Crippen molar-refractivity contribution in [1.29, 1.82) is 0 Å². The third-order valence-corrected chi connectivity index (χ3v) is 2.67. The van der Waals surface area contributed by atoms with E-state index in [1.807, 2.05) is 31.2 Å². The van der Waals surface area contributed by atoms with E-state index in [0.29, 0.717) is 5.82 Å². The van der Waals surface area contributed by atoms with Gasteiger partial charge in [0.1, 0.15) is 5.82 Å². The minimum atomic E-state index is -0.934. The number of H-pyrrole nitrogens is 1. The lowest BCUT2D eigenvalue weighted by Gasteiger charge is -2.04. The summed E-state index contributed by atoms with van der Waals surface area (Å²) in [6.45, 7) is 2.01. The summed E-state index contributed by atoms with van der Waals surface area (Å²) in [5.74, 6) is -0.440. The predicted molar refractivity (Wildman–Crippen MR) is 67.9 cm³/mol. The molecule has 0 bridgehead atoms. The molecule has 0 saturated heterocycles. The minimum absolute atomic E-state index is 0.138. The first kappa shape index (κ1) is 12.3. The maximum atomic E-state index is 10.6. The highest BCUT2D eigenvalue weighted by Gasteiger charge is 2.14. The molecule has 0 saturated carbocycles. The number of aryl methyl sites for hydroxylation is 1. The number of nitrogens with two attached hydrogens (primary N) is 1. The SMILES string of the molecule is Cc1cccc(-c2cnc(C(N)CC(=O)O)[nH]2)c1. The van der Waals surface area contributed by atoms with Gasteiger partial charge in [0.15, 0.2) is 0 Å². The molecular weight excluding hydrogens is 230 g/mol. The molecule has 0 spiro atoms. The van der Waals surface area contributed by atoms with Crippen molar-refractivity contribution >= 4 is 5.97 Å². The average molecular weight is 245 g/mol. The monoisotopic (exact) mass is 245 g/mol. The van der Waals surface area contributed by atoms with Crippen molar-refractivity contribution in [3.63, 3.8) is 0 Å². The number of carboxylic acid groups (broad SMARTS) is 1.